The molecule has 21 heavy (non-hydrogen) atoms. The number of aromatic nitrogens is 2. The van der Waals surface area contributed by atoms with E-state index < -0.39 is 12.1 Å². The van der Waals surface area contributed by atoms with Crippen molar-refractivity contribution < 1.29 is 14.6 Å². The van der Waals surface area contributed by atoms with E-state index >= 15 is 0 Å². The van der Waals surface area contributed by atoms with E-state index in [2.05, 4.69) is 25.8 Å². The van der Waals surface area contributed by atoms with E-state index in [9.17, 15) is 9.90 Å². The minimum absolute atomic E-state index is 0.504. The molecule has 6 heteroatoms. The van der Waals surface area contributed by atoms with Gasteiger partial charge in [0.25, 0.3) is 0 Å². The maximum absolute atomic E-state index is 11.3. The number of halogens is 1. The fourth-order valence-electron chi connectivity index (χ4n) is 2.31. The third kappa shape index (κ3) is 2.73. The summed E-state index contributed by atoms with van der Waals surface area (Å²) >= 11 is 3.54. The van der Waals surface area contributed by atoms with E-state index in [1.807, 2.05) is 16.8 Å². The molecule has 1 saturated carbocycles. The molecule has 3 rings (SSSR count). The molecule has 0 saturated heterocycles. The number of esters is 1. The van der Waals surface area contributed by atoms with Crippen LogP contribution in [0, 0.1) is 0 Å². The van der Waals surface area contributed by atoms with Crippen molar-refractivity contribution in [2.24, 2.45) is 0 Å². The fraction of sp³-hybridized carbons (Fsp3) is 0.333. The van der Waals surface area contributed by atoms with Crippen LogP contribution in [-0.4, -0.2) is 28.0 Å². The molecule has 2 aromatic rings. The molecule has 0 radical (unpaired) electrons. The number of carbonyl (C=O) groups is 1. The van der Waals surface area contributed by atoms with Crippen molar-refractivity contribution in [2.75, 3.05) is 7.11 Å². The normalized spacial score (nSPS) is 15.8. The Morgan fingerprint density at radius 3 is 2.67 bits per heavy atom. The number of nitrogens with zero attached hydrogens (tertiary/aromatic N) is 2. The topological polar surface area (TPSA) is 64.3 Å². The highest BCUT2D eigenvalue weighted by atomic mass is 79.9. The SMILES string of the molecule is COC(=O)C(O)c1ccc(-n2ncc(Br)c2C2CC2)cc1. The van der Waals surface area contributed by atoms with Crippen LogP contribution in [0.2, 0.25) is 0 Å². The monoisotopic (exact) mass is 350 g/mol. The van der Waals surface area contributed by atoms with Crippen LogP contribution in [0.3, 0.4) is 0 Å². The highest BCUT2D eigenvalue weighted by Crippen LogP contribution is 2.43. The van der Waals surface area contributed by atoms with Gasteiger partial charge in [-0.05, 0) is 46.5 Å². The van der Waals surface area contributed by atoms with Gasteiger partial charge in [0, 0.05) is 5.92 Å². The minimum Gasteiger partial charge on any atom is -0.467 e. The Balaban J connectivity index is 1.89. The molecule has 0 bridgehead atoms. The number of hydrogen-bond acceptors (Lipinski definition) is 4. The summed E-state index contributed by atoms with van der Waals surface area (Å²) in [6.07, 6.45) is 2.91. The van der Waals surface area contributed by atoms with Crippen LogP contribution in [0.15, 0.2) is 34.9 Å². The number of carbonyl (C=O) groups excluding carboxylic acids is 1. The second-order valence-corrected chi connectivity index (χ2v) is 5.94. The Labute approximate surface area is 130 Å². The van der Waals surface area contributed by atoms with Gasteiger partial charge < -0.3 is 9.84 Å². The summed E-state index contributed by atoms with van der Waals surface area (Å²) in [7, 11) is 1.25. The van der Waals surface area contributed by atoms with Crippen LogP contribution in [0.4, 0.5) is 0 Å². The number of aliphatic hydroxyl groups is 1. The second kappa shape index (κ2) is 5.61. The lowest BCUT2D eigenvalue weighted by atomic mass is 10.1. The lowest BCUT2D eigenvalue weighted by Crippen LogP contribution is -2.13. The zero-order chi connectivity index (χ0) is 15.0. The molecule has 1 N–H and O–H groups in total. The number of benzene rings is 1. The van der Waals surface area contributed by atoms with Crippen LogP contribution >= 0.6 is 15.9 Å². The first-order chi connectivity index (χ1) is 10.1. The average molecular weight is 351 g/mol. The van der Waals surface area contributed by atoms with Gasteiger partial charge in [-0.3, -0.25) is 0 Å². The predicted molar refractivity (Wildman–Crippen MR) is 80.2 cm³/mol. The average Bonchev–Trinajstić information content (AvgIpc) is 3.28. The Morgan fingerprint density at radius 1 is 1.43 bits per heavy atom. The van der Waals surface area contributed by atoms with Crippen molar-refractivity contribution >= 4 is 21.9 Å². The minimum atomic E-state index is -1.25. The first kappa shape index (κ1) is 14.3. The van der Waals surface area contributed by atoms with Gasteiger partial charge in [0.15, 0.2) is 6.10 Å². The number of rotatable bonds is 4. The number of methoxy groups -OCH3 is 1. The van der Waals surface area contributed by atoms with Gasteiger partial charge in [0.1, 0.15) is 0 Å². The van der Waals surface area contributed by atoms with Gasteiger partial charge in [-0.15, -0.1) is 0 Å². The van der Waals surface area contributed by atoms with Crippen LogP contribution in [-0.2, 0) is 9.53 Å². The largest absolute Gasteiger partial charge is 0.467 e. The molecule has 5 nitrogen and oxygen atoms in total. The third-order valence-corrected chi connectivity index (χ3v) is 4.21. The predicted octanol–water partition coefficient (Wildman–Crippen LogP) is 2.72. The molecule has 0 spiro atoms. The van der Waals surface area contributed by atoms with Crippen LogP contribution in [0.25, 0.3) is 5.69 Å². The molecular formula is C15H15BrN2O3. The van der Waals surface area contributed by atoms with Gasteiger partial charge in [-0.25, -0.2) is 9.48 Å². The molecule has 0 amide bonds. The highest BCUT2D eigenvalue weighted by molar-refractivity contribution is 9.10. The molecule has 1 aromatic heterocycles. The molecular weight excluding hydrogens is 336 g/mol. The Bertz CT molecular complexity index is 662. The van der Waals surface area contributed by atoms with E-state index in [1.165, 1.54) is 25.6 Å². The third-order valence-electron chi connectivity index (χ3n) is 3.60. The summed E-state index contributed by atoms with van der Waals surface area (Å²) in [5.41, 5.74) is 2.59. The Morgan fingerprint density at radius 2 is 2.10 bits per heavy atom. The zero-order valence-electron chi connectivity index (χ0n) is 11.5. The molecule has 1 aromatic carbocycles. The van der Waals surface area contributed by atoms with Crippen molar-refractivity contribution in [2.45, 2.75) is 24.9 Å². The molecule has 0 aliphatic heterocycles. The second-order valence-electron chi connectivity index (χ2n) is 5.08. The molecule has 1 atom stereocenters. The molecule has 1 unspecified atom stereocenters. The maximum atomic E-state index is 11.3. The number of hydrogen-bond donors (Lipinski definition) is 1. The van der Waals surface area contributed by atoms with Crippen LogP contribution in [0.5, 0.6) is 0 Å². The number of ether oxygens (including phenoxy) is 1. The van der Waals surface area contributed by atoms with E-state index in [0.717, 1.165) is 10.2 Å². The van der Waals surface area contributed by atoms with Gasteiger partial charge in [-0.2, -0.15) is 5.10 Å². The van der Waals surface area contributed by atoms with Gasteiger partial charge in [0.05, 0.1) is 29.2 Å². The van der Waals surface area contributed by atoms with Crippen molar-refractivity contribution in [3.8, 4) is 5.69 Å². The summed E-state index contributed by atoms with van der Waals surface area (Å²) in [4.78, 5) is 11.3. The molecule has 1 heterocycles. The smallest absolute Gasteiger partial charge is 0.339 e. The van der Waals surface area contributed by atoms with Gasteiger partial charge in [0.2, 0.25) is 0 Å². The highest BCUT2D eigenvalue weighted by Gasteiger charge is 2.30. The summed E-state index contributed by atoms with van der Waals surface area (Å²) in [5.74, 6) is -0.106. The molecule has 110 valence electrons. The van der Waals surface area contributed by atoms with E-state index in [4.69, 9.17) is 0 Å². The number of aliphatic hydroxyl groups excluding tert-OH is 1. The standard InChI is InChI=1S/C15H15BrN2O3/c1-21-15(20)14(19)10-4-6-11(7-5-10)18-13(9-2-3-9)12(16)8-17-18/h4-9,14,19H,2-3H2,1H3. The molecule has 1 fully saturated rings. The van der Waals surface area contributed by atoms with Gasteiger partial charge in [-0.1, -0.05) is 12.1 Å². The van der Waals surface area contributed by atoms with Crippen LogP contribution in [0.1, 0.15) is 36.1 Å². The first-order valence-corrected chi connectivity index (χ1v) is 7.50. The zero-order valence-corrected chi connectivity index (χ0v) is 13.1. The Kier molecular flexibility index (Phi) is 3.82. The summed E-state index contributed by atoms with van der Waals surface area (Å²) in [6, 6.07) is 7.10. The van der Waals surface area contributed by atoms with E-state index in [1.54, 1.807) is 18.3 Å². The van der Waals surface area contributed by atoms with Crippen LogP contribution < -0.4 is 0 Å². The lowest BCUT2D eigenvalue weighted by molar-refractivity contribution is -0.150. The summed E-state index contributed by atoms with van der Waals surface area (Å²) in [6.45, 7) is 0. The quantitative estimate of drug-likeness (QED) is 0.861. The van der Waals surface area contributed by atoms with Gasteiger partial charge >= 0.3 is 5.97 Å². The Hall–Kier alpha value is -1.66. The fourth-order valence-corrected chi connectivity index (χ4v) is 2.90. The van der Waals surface area contributed by atoms with E-state index in [-0.39, 0.29) is 0 Å². The molecule has 1 aliphatic rings. The van der Waals surface area contributed by atoms with Crippen molar-refractivity contribution in [3.63, 3.8) is 0 Å². The molecule has 1 aliphatic carbocycles. The first-order valence-electron chi connectivity index (χ1n) is 6.71. The van der Waals surface area contributed by atoms with Crippen molar-refractivity contribution in [1.82, 2.24) is 9.78 Å². The maximum Gasteiger partial charge on any atom is 0.339 e. The summed E-state index contributed by atoms with van der Waals surface area (Å²) in [5, 5.41) is 14.2. The lowest BCUT2D eigenvalue weighted by Gasteiger charge is -2.11. The van der Waals surface area contributed by atoms with Crippen molar-refractivity contribution in [3.05, 3.63) is 46.2 Å². The van der Waals surface area contributed by atoms with E-state index in [0.29, 0.717) is 11.5 Å². The van der Waals surface area contributed by atoms with Crippen molar-refractivity contribution in [1.29, 1.82) is 0 Å². The summed E-state index contributed by atoms with van der Waals surface area (Å²) < 4.78 is 7.45.